The second-order valence-electron chi connectivity index (χ2n) is 5.98. The van der Waals surface area contributed by atoms with Crippen LogP contribution in [0.1, 0.15) is 28.7 Å². The van der Waals surface area contributed by atoms with Crippen molar-refractivity contribution in [3.63, 3.8) is 0 Å². The van der Waals surface area contributed by atoms with Gasteiger partial charge in [-0.15, -0.1) is 22.7 Å². The molecule has 2 atom stereocenters. The number of halogens is 2. The maximum Gasteiger partial charge on any atom is 0.131 e. The van der Waals surface area contributed by atoms with Gasteiger partial charge in [-0.1, -0.05) is 17.7 Å². The average Bonchev–Trinajstić information content (AvgIpc) is 3.22. The van der Waals surface area contributed by atoms with E-state index < -0.39 is 0 Å². The maximum atomic E-state index is 6.29. The normalized spacial score (nSPS) is 20.9. The van der Waals surface area contributed by atoms with Crippen molar-refractivity contribution < 1.29 is 4.74 Å². The highest BCUT2D eigenvalue weighted by atomic mass is 79.9. The number of nitrogens with zero attached hydrogens (tertiary/aromatic N) is 1. The highest BCUT2D eigenvalue weighted by Gasteiger charge is 2.29. The lowest BCUT2D eigenvalue weighted by molar-refractivity contribution is 0.00202. The molecule has 25 heavy (non-hydrogen) atoms. The highest BCUT2D eigenvalue weighted by Crippen LogP contribution is 2.45. The molecule has 0 aromatic carbocycles. The number of fused-ring (bicyclic) bond motifs is 1. The molecule has 1 fully saturated rings. The Bertz CT molecular complexity index is 884. The average molecular weight is 459 g/mol. The lowest BCUT2D eigenvalue weighted by Gasteiger charge is -2.28. The Morgan fingerprint density at radius 1 is 1.48 bits per heavy atom. The SMILES string of the molecule is NC1CCCOC1c1sc2c(NCc3cccs3)cc(Cl)nc2c1Br. The minimum Gasteiger partial charge on any atom is -0.379 e. The van der Waals surface area contributed by atoms with Crippen molar-refractivity contribution in [3.05, 3.63) is 43.0 Å². The molecule has 1 saturated heterocycles. The third-order valence-electron chi connectivity index (χ3n) is 4.24. The van der Waals surface area contributed by atoms with E-state index in [9.17, 15) is 0 Å². The Kier molecular flexibility index (Phi) is 5.31. The molecule has 2 unspecified atom stereocenters. The van der Waals surface area contributed by atoms with Gasteiger partial charge in [-0.3, -0.25) is 0 Å². The van der Waals surface area contributed by atoms with Crippen LogP contribution >= 0.6 is 50.2 Å². The van der Waals surface area contributed by atoms with E-state index >= 15 is 0 Å². The first-order valence-corrected chi connectivity index (χ1v) is 10.9. The third-order valence-corrected chi connectivity index (χ3v) is 7.65. The van der Waals surface area contributed by atoms with E-state index in [0.717, 1.165) is 51.2 Å². The molecule has 0 radical (unpaired) electrons. The number of pyridine rings is 1. The van der Waals surface area contributed by atoms with Crippen LogP contribution in [0.3, 0.4) is 0 Å². The van der Waals surface area contributed by atoms with Crippen LogP contribution < -0.4 is 11.1 Å². The van der Waals surface area contributed by atoms with Crippen LogP contribution in [0.4, 0.5) is 5.69 Å². The minimum absolute atomic E-state index is 0.0103. The van der Waals surface area contributed by atoms with Gasteiger partial charge in [0.05, 0.1) is 25.3 Å². The summed E-state index contributed by atoms with van der Waals surface area (Å²) < 4.78 is 7.97. The molecular weight excluding hydrogens is 442 g/mol. The molecule has 3 aromatic rings. The molecule has 0 spiro atoms. The highest BCUT2D eigenvalue weighted by molar-refractivity contribution is 9.10. The van der Waals surface area contributed by atoms with E-state index in [2.05, 4.69) is 43.7 Å². The number of aromatic nitrogens is 1. The quantitative estimate of drug-likeness (QED) is 0.502. The molecule has 0 saturated carbocycles. The summed E-state index contributed by atoms with van der Waals surface area (Å²) in [5.41, 5.74) is 8.15. The van der Waals surface area contributed by atoms with Crippen molar-refractivity contribution in [2.45, 2.75) is 31.5 Å². The van der Waals surface area contributed by atoms with E-state index in [1.54, 1.807) is 22.7 Å². The fourth-order valence-corrected chi connectivity index (χ4v) is 5.99. The second-order valence-corrected chi connectivity index (χ2v) is 9.25. The summed E-state index contributed by atoms with van der Waals surface area (Å²) in [6, 6.07) is 6.06. The van der Waals surface area contributed by atoms with E-state index in [1.165, 1.54) is 4.88 Å². The number of hydrogen-bond donors (Lipinski definition) is 2. The molecule has 0 aliphatic carbocycles. The van der Waals surface area contributed by atoms with Crippen LogP contribution in [0.2, 0.25) is 5.15 Å². The molecule has 3 N–H and O–H groups in total. The zero-order valence-electron chi connectivity index (χ0n) is 13.3. The molecule has 4 heterocycles. The number of nitrogens with one attached hydrogen (secondary N) is 1. The Labute approximate surface area is 167 Å². The largest absolute Gasteiger partial charge is 0.379 e. The van der Waals surface area contributed by atoms with Gasteiger partial charge < -0.3 is 15.8 Å². The number of rotatable bonds is 4. The van der Waals surface area contributed by atoms with Crippen LogP contribution in [-0.4, -0.2) is 17.6 Å². The van der Waals surface area contributed by atoms with Crippen LogP contribution in [0.5, 0.6) is 0 Å². The first kappa shape index (κ1) is 17.7. The van der Waals surface area contributed by atoms with Crippen molar-refractivity contribution in [1.29, 1.82) is 0 Å². The van der Waals surface area contributed by atoms with Gasteiger partial charge in [-0.2, -0.15) is 0 Å². The molecule has 4 rings (SSSR count). The Morgan fingerprint density at radius 3 is 3.12 bits per heavy atom. The predicted octanol–water partition coefficient (Wildman–Crippen LogP) is 5.56. The summed E-state index contributed by atoms with van der Waals surface area (Å²) in [5, 5.41) is 6.04. The molecule has 0 amide bonds. The van der Waals surface area contributed by atoms with Gasteiger partial charge in [0.2, 0.25) is 0 Å². The standard InChI is InChI=1S/C17H17BrClN3OS2/c18-13-14-16(25-17(13)15-10(20)4-1-5-23-15)11(7-12(19)22-14)21-8-9-3-2-6-24-9/h2-3,6-7,10,15H,1,4-5,8,20H2,(H,21,22). The molecule has 1 aliphatic rings. The summed E-state index contributed by atoms with van der Waals surface area (Å²) in [6.07, 6.45) is 1.90. The molecule has 8 heteroatoms. The van der Waals surface area contributed by atoms with Crippen LogP contribution in [-0.2, 0) is 11.3 Å². The summed E-state index contributed by atoms with van der Waals surface area (Å²) in [6.45, 7) is 1.51. The smallest absolute Gasteiger partial charge is 0.131 e. The van der Waals surface area contributed by atoms with Gasteiger partial charge in [-0.05, 0) is 40.2 Å². The molecule has 4 nitrogen and oxygen atoms in total. The summed E-state index contributed by atoms with van der Waals surface area (Å²) >= 11 is 13.4. The minimum atomic E-state index is -0.0914. The van der Waals surface area contributed by atoms with Crippen molar-refractivity contribution in [1.82, 2.24) is 4.98 Å². The summed E-state index contributed by atoms with van der Waals surface area (Å²) in [5.74, 6) is 0. The zero-order chi connectivity index (χ0) is 17.4. The van der Waals surface area contributed by atoms with Crippen molar-refractivity contribution in [3.8, 4) is 0 Å². The molecule has 3 aromatic heterocycles. The van der Waals surface area contributed by atoms with Crippen molar-refractivity contribution in [2.24, 2.45) is 5.73 Å². The van der Waals surface area contributed by atoms with Crippen molar-refractivity contribution in [2.75, 3.05) is 11.9 Å². The summed E-state index contributed by atoms with van der Waals surface area (Å²) in [4.78, 5) is 6.88. The van der Waals surface area contributed by atoms with Crippen molar-refractivity contribution >= 4 is 66.1 Å². The fourth-order valence-electron chi connectivity index (χ4n) is 3.01. The van der Waals surface area contributed by atoms with Crippen LogP contribution in [0, 0.1) is 0 Å². The molecule has 0 bridgehead atoms. The number of thiophene rings is 2. The van der Waals surface area contributed by atoms with E-state index in [0.29, 0.717) is 5.15 Å². The predicted molar refractivity (Wildman–Crippen MR) is 110 cm³/mol. The van der Waals surface area contributed by atoms with E-state index in [-0.39, 0.29) is 12.1 Å². The van der Waals surface area contributed by atoms with Gasteiger partial charge >= 0.3 is 0 Å². The van der Waals surface area contributed by atoms with Gasteiger partial charge in [0.15, 0.2) is 0 Å². The lowest BCUT2D eigenvalue weighted by Crippen LogP contribution is -2.34. The van der Waals surface area contributed by atoms with Gasteiger partial charge in [-0.25, -0.2) is 4.98 Å². The number of ether oxygens (including phenoxy) is 1. The first-order valence-electron chi connectivity index (χ1n) is 8.05. The number of nitrogens with two attached hydrogens (primary N) is 1. The van der Waals surface area contributed by atoms with Gasteiger partial charge in [0.1, 0.15) is 11.3 Å². The fraction of sp³-hybridized carbons (Fsp3) is 0.353. The van der Waals surface area contributed by atoms with Gasteiger partial charge in [0.25, 0.3) is 0 Å². The maximum absolute atomic E-state index is 6.29. The summed E-state index contributed by atoms with van der Waals surface area (Å²) in [7, 11) is 0. The molecule has 132 valence electrons. The topological polar surface area (TPSA) is 60.2 Å². The van der Waals surface area contributed by atoms with E-state index in [1.807, 2.05) is 6.07 Å². The monoisotopic (exact) mass is 457 g/mol. The van der Waals surface area contributed by atoms with Crippen LogP contribution in [0.25, 0.3) is 10.2 Å². The first-order chi connectivity index (χ1) is 12.1. The second kappa shape index (κ2) is 7.50. The van der Waals surface area contributed by atoms with Crippen LogP contribution in [0.15, 0.2) is 28.1 Å². The Hall–Kier alpha value is -0.700. The zero-order valence-corrected chi connectivity index (χ0v) is 17.3. The number of anilines is 1. The van der Waals surface area contributed by atoms with Gasteiger partial charge in [0, 0.05) is 30.1 Å². The Morgan fingerprint density at radius 2 is 2.36 bits per heavy atom. The molecule has 1 aliphatic heterocycles. The third kappa shape index (κ3) is 3.59. The Balaban J connectivity index is 1.72. The number of hydrogen-bond acceptors (Lipinski definition) is 6. The van der Waals surface area contributed by atoms with E-state index in [4.69, 9.17) is 22.1 Å². The lowest BCUT2D eigenvalue weighted by atomic mass is 10.0. The molecular formula is C17H17BrClN3OS2.